The van der Waals surface area contributed by atoms with E-state index in [1.807, 2.05) is 24.3 Å². The zero-order valence-electron chi connectivity index (χ0n) is 19.4. The SMILES string of the molecule is COCCN1C(=O)N(Cc2cccnc2)C(=O)C12CCN(Cc1ccc3c(c1)OCCO3)CC2. The molecule has 0 unspecified atom stereocenters. The quantitative estimate of drug-likeness (QED) is 0.579. The molecule has 3 aliphatic heterocycles. The van der Waals surface area contributed by atoms with Crippen molar-refractivity contribution in [2.24, 2.45) is 0 Å². The predicted molar refractivity (Wildman–Crippen MR) is 123 cm³/mol. The molecule has 9 heteroatoms. The minimum absolute atomic E-state index is 0.114. The molecule has 1 aromatic heterocycles. The Hall–Kier alpha value is -3.17. The molecule has 0 radical (unpaired) electrons. The number of likely N-dealkylation sites (tertiary alicyclic amines) is 1. The van der Waals surface area contributed by atoms with Crippen molar-refractivity contribution in [3.05, 3.63) is 53.9 Å². The standard InChI is InChI=1S/C25H30N4O5/c1-32-12-11-29-24(31)28(18-20-3-2-8-26-16-20)23(30)25(29)6-9-27(10-7-25)17-19-4-5-21-22(15-19)34-14-13-33-21/h2-5,8,15-16H,6-7,9-14,17-18H2,1H3. The maximum absolute atomic E-state index is 13.6. The Morgan fingerprint density at radius 1 is 1.03 bits per heavy atom. The zero-order chi connectivity index (χ0) is 23.5. The third-order valence-corrected chi connectivity index (χ3v) is 6.90. The average Bonchev–Trinajstić information content (AvgIpc) is 3.05. The zero-order valence-corrected chi connectivity index (χ0v) is 19.4. The van der Waals surface area contributed by atoms with E-state index in [-0.39, 0.29) is 18.5 Å². The molecular formula is C25H30N4O5. The molecule has 3 amide bonds. The van der Waals surface area contributed by atoms with Gasteiger partial charge >= 0.3 is 6.03 Å². The van der Waals surface area contributed by atoms with Crippen molar-refractivity contribution in [1.82, 2.24) is 19.7 Å². The van der Waals surface area contributed by atoms with Crippen LogP contribution in [0.25, 0.3) is 0 Å². The molecule has 0 aliphatic carbocycles. The second-order valence-electron chi connectivity index (χ2n) is 8.97. The summed E-state index contributed by atoms with van der Waals surface area (Å²) in [6, 6.07) is 9.50. The van der Waals surface area contributed by atoms with E-state index in [0.717, 1.165) is 42.3 Å². The van der Waals surface area contributed by atoms with Gasteiger partial charge in [0.1, 0.15) is 18.8 Å². The van der Waals surface area contributed by atoms with Crippen molar-refractivity contribution < 1.29 is 23.8 Å². The maximum atomic E-state index is 13.6. The van der Waals surface area contributed by atoms with Crippen LogP contribution in [-0.2, 0) is 22.6 Å². The number of carbonyl (C=O) groups is 2. The van der Waals surface area contributed by atoms with Gasteiger partial charge in [-0.1, -0.05) is 12.1 Å². The molecular weight excluding hydrogens is 436 g/mol. The summed E-state index contributed by atoms with van der Waals surface area (Å²) in [4.78, 5) is 36.5. The number of amides is 3. The number of fused-ring (bicyclic) bond motifs is 1. The van der Waals surface area contributed by atoms with Crippen LogP contribution in [0.4, 0.5) is 4.79 Å². The molecule has 2 fully saturated rings. The lowest BCUT2D eigenvalue weighted by Gasteiger charge is -2.42. The second-order valence-corrected chi connectivity index (χ2v) is 8.97. The van der Waals surface area contributed by atoms with Crippen molar-refractivity contribution in [3.63, 3.8) is 0 Å². The van der Waals surface area contributed by atoms with Crippen LogP contribution in [0.5, 0.6) is 11.5 Å². The number of hydrogen-bond donors (Lipinski definition) is 0. The fourth-order valence-electron chi connectivity index (χ4n) is 5.10. The van der Waals surface area contributed by atoms with E-state index < -0.39 is 5.54 Å². The summed E-state index contributed by atoms with van der Waals surface area (Å²) < 4.78 is 16.6. The third kappa shape index (κ3) is 4.21. The van der Waals surface area contributed by atoms with E-state index in [4.69, 9.17) is 14.2 Å². The molecule has 4 heterocycles. The number of imide groups is 1. The summed E-state index contributed by atoms with van der Waals surface area (Å²) in [6.45, 7) is 4.35. The first-order chi connectivity index (χ1) is 16.6. The molecule has 0 bridgehead atoms. The molecule has 0 atom stereocenters. The van der Waals surface area contributed by atoms with Crippen LogP contribution in [0.1, 0.15) is 24.0 Å². The number of nitrogens with zero attached hydrogens (tertiary/aromatic N) is 4. The monoisotopic (exact) mass is 466 g/mol. The van der Waals surface area contributed by atoms with Gasteiger partial charge in [0.25, 0.3) is 5.91 Å². The van der Waals surface area contributed by atoms with Gasteiger partial charge in [0.05, 0.1) is 13.2 Å². The van der Waals surface area contributed by atoms with Crippen LogP contribution in [-0.4, -0.2) is 83.7 Å². The van der Waals surface area contributed by atoms with E-state index in [9.17, 15) is 9.59 Å². The van der Waals surface area contributed by atoms with E-state index in [0.29, 0.717) is 39.2 Å². The van der Waals surface area contributed by atoms with Gasteiger partial charge in [-0.2, -0.15) is 0 Å². The summed E-state index contributed by atoms with van der Waals surface area (Å²) in [6.07, 6.45) is 4.56. The van der Waals surface area contributed by atoms with Crippen LogP contribution in [0.2, 0.25) is 0 Å². The molecule has 34 heavy (non-hydrogen) atoms. The van der Waals surface area contributed by atoms with Gasteiger partial charge in [0.2, 0.25) is 0 Å². The maximum Gasteiger partial charge on any atom is 0.328 e. The molecule has 0 N–H and O–H groups in total. The molecule has 180 valence electrons. The van der Waals surface area contributed by atoms with Crippen molar-refractivity contribution in [2.75, 3.05) is 46.6 Å². The number of pyridine rings is 1. The lowest BCUT2D eigenvalue weighted by Crippen LogP contribution is -2.57. The van der Waals surface area contributed by atoms with Crippen LogP contribution >= 0.6 is 0 Å². The van der Waals surface area contributed by atoms with Gasteiger partial charge in [0, 0.05) is 45.7 Å². The van der Waals surface area contributed by atoms with E-state index in [1.54, 1.807) is 24.4 Å². The fraction of sp³-hybridized carbons (Fsp3) is 0.480. The van der Waals surface area contributed by atoms with Crippen LogP contribution in [0.3, 0.4) is 0 Å². The Bertz CT molecular complexity index is 1040. The van der Waals surface area contributed by atoms with Gasteiger partial charge in [-0.05, 0) is 42.2 Å². The molecule has 5 rings (SSSR count). The van der Waals surface area contributed by atoms with Crippen LogP contribution < -0.4 is 9.47 Å². The first kappa shape index (κ1) is 22.6. The minimum atomic E-state index is -0.818. The molecule has 9 nitrogen and oxygen atoms in total. The van der Waals surface area contributed by atoms with Gasteiger partial charge in [-0.15, -0.1) is 0 Å². The van der Waals surface area contributed by atoms with Gasteiger partial charge in [-0.3, -0.25) is 19.6 Å². The number of methoxy groups -OCH3 is 1. The summed E-state index contributed by atoms with van der Waals surface area (Å²) in [7, 11) is 1.61. The number of urea groups is 1. The van der Waals surface area contributed by atoms with Crippen LogP contribution in [0.15, 0.2) is 42.7 Å². The van der Waals surface area contributed by atoms with Crippen molar-refractivity contribution >= 4 is 11.9 Å². The first-order valence-electron chi connectivity index (χ1n) is 11.7. The predicted octanol–water partition coefficient (Wildman–Crippen LogP) is 2.30. The van der Waals surface area contributed by atoms with Crippen molar-refractivity contribution in [1.29, 1.82) is 0 Å². The number of piperidine rings is 1. The largest absolute Gasteiger partial charge is 0.486 e. The highest BCUT2D eigenvalue weighted by Gasteiger charge is 2.57. The first-order valence-corrected chi connectivity index (χ1v) is 11.7. The van der Waals surface area contributed by atoms with Gasteiger partial charge in [-0.25, -0.2) is 4.79 Å². The Labute approximate surface area is 199 Å². The molecule has 2 aromatic rings. The van der Waals surface area contributed by atoms with E-state index in [2.05, 4.69) is 16.0 Å². The summed E-state index contributed by atoms with van der Waals surface area (Å²) >= 11 is 0. The molecule has 1 spiro atoms. The van der Waals surface area contributed by atoms with E-state index in [1.165, 1.54) is 4.90 Å². The number of ether oxygens (including phenoxy) is 3. The van der Waals surface area contributed by atoms with Crippen molar-refractivity contribution in [2.45, 2.75) is 31.5 Å². The highest BCUT2D eigenvalue weighted by molar-refractivity contribution is 6.07. The second kappa shape index (κ2) is 9.60. The molecule has 3 aliphatic rings. The number of aromatic nitrogens is 1. The van der Waals surface area contributed by atoms with Gasteiger partial charge in [0.15, 0.2) is 11.5 Å². The van der Waals surface area contributed by atoms with E-state index >= 15 is 0 Å². The Morgan fingerprint density at radius 2 is 1.82 bits per heavy atom. The lowest BCUT2D eigenvalue weighted by atomic mass is 9.85. The summed E-state index contributed by atoms with van der Waals surface area (Å²) in [5, 5.41) is 0. The number of benzene rings is 1. The number of carbonyl (C=O) groups excluding carboxylic acids is 2. The minimum Gasteiger partial charge on any atom is -0.486 e. The average molecular weight is 467 g/mol. The van der Waals surface area contributed by atoms with Crippen LogP contribution in [0, 0.1) is 0 Å². The fourth-order valence-corrected chi connectivity index (χ4v) is 5.10. The highest BCUT2D eigenvalue weighted by Crippen LogP contribution is 2.38. The Morgan fingerprint density at radius 3 is 2.56 bits per heavy atom. The highest BCUT2D eigenvalue weighted by atomic mass is 16.6. The van der Waals surface area contributed by atoms with Gasteiger partial charge < -0.3 is 19.1 Å². The third-order valence-electron chi connectivity index (χ3n) is 6.90. The Balaban J connectivity index is 1.30. The number of rotatable bonds is 7. The molecule has 2 saturated heterocycles. The summed E-state index contributed by atoms with van der Waals surface area (Å²) in [5.41, 5.74) is 1.16. The molecule has 1 aromatic carbocycles. The smallest absolute Gasteiger partial charge is 0.328 e. The normalized spacial score (nSPS) is 19.8. The Kier molecular flexibility index (Phi) is 6.38. The van der Waals surface area contributed by atoms with Crippen molar-refractivity contribution in [3.8, 4) is 11.5 Å². The summed E-state index contributed by atoms with van der Waals surface area (Å²) in [5.74, 6) is 1.45. The lowest BCUT2D eigenvalue weighted by molar-refractivity contribution is -0.136. The molecule has 0 saturated carbocycles. The topological polar surface area (TPSA) is 84.4 Å². The number of hydrogen-bond acceptors (Lipinski definition) is 7.